The first-order valence-electron chi connectivity index (χ1n) is 5.93. The van der Waals surface area contributed by atoms with Crippen molar-refractivity contribution < 1.29 is 4.74 Å². The second-order valence-corrected chi connectivity index (χ2v) is 4.92. The van der Waals surface area contributed by atoms with Gasteiger partial charge in [0, 0.05) is 19.0 Å². The molecule has 0 amide bonds. The van der Waals surface area contributed by atoms with E-state index in [-0.39, 0.29) is 0 Å². The van der Waals surface area contributed by atoms with Gasteiger partial charge in [-0.15, -0.1) is 5.10 Å². The van der Waals surface area contributed by atoms with Gasteiger partial charge < -0.3 is 9.64 Å². The van der Waals surface area contributed by atoms with Gasteiger partial charge in [0.15, 0.2) is 5.82 Å². The van der Waals surface area contributed by atoms with Crippen LogP contribution in [-0.2, 0) is 4.74 Å². The number of fused-ring (bicyclic) bond motifs is 1. The quantitative estimate of drug-likeness (QED) is 0.715. The summed E-state index contributed by atoms with van der Waals surface area (Å²) >= 11 is 0. The molecule has 4 heteroatoms. The van der Waals surface area contributed by atoms with Crippen LogP contribution in [-0.4, -0.2) is 35.5 Å². The van der Waals surface area contributed by atoms with Crippen molar-refractivity contribution >= 4 is 5.82 Å². The third kappa shape index (κ3) is 1.67. The van der Waals surface area contributed by atoms with E-state index in [2.05, 4.69) is 22.0 Å². The van der Waals surface area contributed by atoms with Crippen molar-refractivity contribution in [1.29, 1.82) is 0 Å². The molecule has 86 valence electrons. The van der Waals surface area contributed by atoms with Crippen LogP contribution in [0.15, 0.2) is 12.1 Å². The maximum atomic E-state index is 5.87. The van der Waals surface area contributed by atoms with E-state index in [1.165, 1.54) is 6.42 Å². The van der Waals surface area contributed by atoms with Crippen LogP contribution in [0.4, 0.5) is 5.82 Å². The maximum absolute atomic E-state index is 5.87. The van der Waals surface area contributed by atoms with Gasteiger partial charge in [-0.1, -0.05) is 0 Å². The third-order valence-electron chi connectivity index (χ3n) is 3.53. The van der Waals surface area contributed by atoms with Crippen LogP contribution in [0.1, 0.15) is 19.0 Å². The van der Waals surface area contributed by atoms with Crippen molar-refractivity contribution in [3.63, 3.8) is 0 Å². The Morgan fingerprint density at radius 1 is 1.31 bits per heavy atom. The molecule has 2 aliphatic heterocycles. The molecule has 3 heterocycles. The van der Waals surface area contributed by atoms with Crippen molar-refractivity contribution in [2.24, 2.45) is 5.92 Å². The third-order valence-corrected chi connectivity index (χ3v) is 3.53. The number of anilines is 1. The second kappa shape index (κ2) is 3.70. The zero-order valence-corrected chi connectivity index (χ0v) is 9.76. The van der Waals surface area contributed by atoms with Crippen molar-refractivity contribution in [1.82, 2.24) is 10.2 Å². The number of hydrogen-bond acceptors (Lipinski definition) is 4. The highest BCUT2D eigenvalue weighted by Gasteiger charge is 2.40. The zero-order valence-electron chi connectivity index (χ0n) is 9.76. The molecule has 3 rings (SSSR count). The van der Waals surface area contributed by atoms with Gasteiger partial charge in [0.1, 0.15) is 0 Å². The van der Waals surface area contributed by atoms with E-state index in [1.54, 1.807) is 0 Å². The summed E-state index contributed by atoms with van der Waals surface area (Å²) in [5.41, 5.74) is 0.966. The Morgan fingerprint density at radius 2 is 2.19 bits per heavy atom. The molecule has 2 aliphatic rings. The van der Waals surface area contributed by atoms with Gasteiger partial charge in [0.05, 0.1) is 17.9 Å². The molecule has 1 aromatic rings. The van der Waals surface area contributed by atoms with Crippen LogP contribution in [0.25, 0.3) is 0 Å². The zero-order chi connectivity index (χ0) is 11.1. The summed E-state index contributed by atoms with van der Waals surface area (Å²) in [7, 11) is 0. The Labute approximate surface area is 95.6 Å². The van der Waals surface area contributed by atoms with Gasteiger partial charge in [-0.3, -0.25) is 0 Å². The predicted octanol–water partition coefficient (Wildman–Crippen LogP) is 1.40. The topological polar surface area (TPSA) is 38.2 Å². The molecule has 0 bridgehead atoms. The Balaban J connectivity index is 1.73. The fourth-order valence-corrected chi connectivity index (χ4v) is 2.75. The Kier molecular flexibility index (Phi) is 2.32. The summed E-state index contributed by atoms with van der Waals surface area (Å²) in [4.78, 5) is 2.29. The average molecular weight is 219 g/mol. The van der Waals surface area contributed by atoms with Crippen LogP contribution in [0.5, 0.6) is 0 Å². The molecule has 0 aromatic carbocycles. The smallest absolute Gasteiger partial charge is 0.151 e. The minimum absolute atomic E-state index is 0.401. The monoisotopic (exact) mass is 219 g/mol. The van der Waals surface area contributed by atoms with Gasteiger partial charge in [0.25, 0.3) is 0 Å². The van der Waals surface area contributed by atoms with Crippen molar-refractivity contribution in [2.45, 2.75) is 32.5 Å². The Bertz CT molecular complexity index is 364. The molecule has 1 aromatic heterocycles. The molecule has 0 radical (unpaired) electrons. The Hall–Kier alpha value is -1.16. The minimum atomic E-state index is 0.401. The highest BCUT2D eigenvalue weighted by atomic mass is 16.5. The van der Waals surface area contributed by atoms with E-state index in [4.69, 9.17) is 4.74 Å². The standard InChI is InChI=1S/C12H17N3O/c1-8-3-4-12(14-13-8)15-6-10-5-9(2)16-11(10)7-15/h3-4,9-11H,5-7H2,1-2H3/t9-,10+,11-/m1/s1. The lowest BCUT2D eigenvalue weighted by Crippen LogP contribution is -2.25. The maximum Gasteiger partial charge on any atom is 0.151 e. The van der Waals surface area contributed by atoms with Gasteiger partial charge in [-0.25, -0.2) is 0 Å². The fraction of sp³-hybridized carbons (Fsp3) is 0.667. The molecule has 0 N–H and O–H groups in total. The van der Waals surface area contributed by atoms with E-state index in [9.17, 15) is 0 Å². The van der Waals surface area contributed by atoms with E-state index in [0.717, 1.165) is 24.6 Å². The molecule has 0 unspecified atom stereocenters. The molecule has 0 aliphatic carbocycles. The normalized spacial score (nSPS) is 33.1. The van der Waals surface area contributed by atoms with Crippen LogP contribution < -0.4 is 4.90 Å². The highest BCUT2D eigenvalue weighted by molar-refractivity contribution is 5.39. The second-order valence-electron chi connectivity index (χ2n) is 4.92. The molecule has 4 nitrogen and oxygen atoms in total. The first kappa shape index (κ1) is 10.0. The number of nitrogens with zero attached hydrogens (tertiary/aromatic N) is 3. The number of rotatable bonds is 1. The van der Waals surface area contributed by atoms with Gasteiger partial charge in [-0.2, -0.15) is 5.10 Å². The van der Waals surface area contributed by atoms with Crippen LogP contribution >= 0.6 is 0 Å². The molecule has 0 spiro atoms. The number of aryl methyl sites for hydroxylation is 1. The first-order chi connectivity index (χ1) is 7.72. The van der Waals surface area contributed by atoms with Gasteiger partial charge >= 0.3 is 0 Å². The summed E-state index contributed by atoms with van der Waals surface area (Å²) in [5.74, 6) is 1.66. The highest BCUT2D eigenvalue weighted by Crippen LogP contribution is 2.34. The number of aromatic nitrogens is 2. The number of hydrogen-bond donors (Lipinski definition) is 0. The summed E-state index contributed by atoms with van der Waals surface area (Å²) in [5, 5.41) is 8.33. The molecular weight excluding hydrogens is 202 g/mol. The average Bonchev–Trinajstić information content (AvgIpc) is 2.75. The molecular formula is C12H17N3O. The number of ether oxygens (including phenoxy) is 1. The first-order valence-corrected chi connectivity index (χ1v) is 5.93. The van der Waals surface area contributed by atoms with E-state index in [0.29, 0.717) is 18.1 Å². The summed E-state index contributed by atoms with van der Waals surface area (Å²) in [6.45, 7) is 6.15. The summed E-state index contributed by atoms with van der Waals surface area (Å²) in [6, 6.07) is 4.06. The van der Waals surface area contributed by atoms with Crippen LogP contribution in [0.2, 0.25) is 0 Å². The van der Waals surface area contributed by atoms with Crippen molar-refractivity contribution in [3.05, 3.63) is 17.8 Å². The van der Waals surface area contributed by atoms with Crippen LogP contribution in [0, 0.1) is 12.8 Å². The Morgan fingerprint density at radius 3 is 2.88 bits per heavy atom. The molecule has 3 atom stereocenters. The minimum Gasteiger partial charge on any atom is -0.373 e. The van der Waals surface area contributed by atoms with E-state index < -0.39 is 0 Å². The van der Waals surface area contributed by atoms with Crippen LogP contribution in [0.3, 0.4) is 0 Å². The lowest BCUT2D eigenvalue weighted by atomic mass is 10.0. The van der Waals surface area contributed by atoms with Crippen molar-refractivity contribution in [2.75, 3.05) is 18.0 Å². The predicted molar refractivity (Wildman–Crippen MR) is 61.4 cm³/mol. The van der Waals surface area contributed by atoms with Gasteiger partial charge in [-0.05, 0) is 32.4 Å². The molecule has 2 fully saturated rings. The van der Waals surface area contributed by atoms with Gasteiger partial charge in [0.2, 0.25) is 0 Å². The summed E-state index contributed by atoms with van der Waals surface area (Å²) in [6.07, 6.45) is 2.01. The largest absolute Gasteiger partial charge is 0.373 e. The molecule has 16 heavy (non-hydrogen) atoms. The van der Waals surface area contributed by atoms with E-state index in [1.807, 2.05) is 19.1 Å². The van der Waals surface area contributed by atoms with Crippen molar-refractivity contribution in [3.8, 4) is 0 Å². The lowest BCUT2D eigenvalue weighted by Gasteiger charge is -2.18. The molecule has 0 saturated carbocycles. The molecule has 2 saturated heterocycles. The fourth-order valence-electron chi connectivity index (χ4n) is 2.75. The lowest BCUT2D eigenvalue weighted by molar-refractivity contribution is 0.0601. The summed E-state index contributed by atoms with van der Waals surface area (Å²) < 4.78 is 5.87. The van der Waals surface area contributed by atoms with E-state index >= 15 is 0 Å². The SMILES string of the molecule is Cc1ccc(N2C[C@@H]3C[C@@H](C)O[C@@H]3C2)nn1.